The molecule has 0 aliphatic heterocycles. The van der Waals surface area contributed by atoms with Crippen LogP contribution < -0.4 is 0 Å². The van der Waals surface area contributed by atoms with E-state index in [2.05, 4.69) is 17.8 Å². The molecule has 5 rings (SSSR count). The quantitative estimate of drug-likeness (QED) is 0.737. The van der Waals surface area contributed by atoms with E-state index in [-0.39, 0.29) is 17.1 Å². The normalized spacial score (nSPS) is 54.7. The summed E-state index contributed by atoms with van der Waals surface area (Å²) in [4.78, 5) is 17.4. The number of aliphatic hydroxyl groups is 1. The van der Waals surface area contributed by atoms with E-state index in [0.717, 1.165) is 51.4 Å². The second kappa shape index (κ2) is 4.33. The van der Waals surface area contributed by atoms with Crippen molar-refractivity contribution in [2.45, 2.75) is 82.8 Å². The van der Waals surface area contributed by atoms with Crippen LogP contribution in [0.4, 0.5) is 0 Å². The van der Waals surface area contributed by atoms with Crippen molar-refractivity contribution >= 4 is 5.78 Å². The highest BCUT2D eigenvalue weighted by Crippen LogP contribution is 2.85. The maximum Gasteiger partial charge on any atom is 0.297 e. The van der Waals surface area contributed by atoms with Crippen LogP contribution in [-0.4, -0.2) is 22.5 Å². The Bertz CT molecular complexity index is 705. The van der Waals surface area contributed by atoms with E-state index < -0.39 is 0 Å². The molecule has 0 amide bonds. The third-order valence-electron chi connectivity index (χ3n) is 9.19. The third kappa shape index (κ3) is 1.32. The number of Topliss-reactive ketones (excluding diaryl/α,β-unsaturated/α-hetero) is 1. The summed E-state index contributed by atoms with van der Waals surface area (Å²) in [7, 11) is 0. The van der Waals surface area contributed by atoms with Crippen molar-refractivity contribution in [1.29, 1.82) is 0 Å². The van der Waals surface area contributed by atoms with Crippen LogP contribution in [-0.2, 0) is 4.79 Å². The van der Waals surface area contributed by atoms with Gasteiger partial charge in [-0.2, -0.15) is 0 Å². The molecule has 3 heteroatoms. The van der Waals surface area contributed by atoms with Crippen LogP contribution in [0.15, 0.2) is 11.6 Å². The van der Waals surface area contributed by atoms with Crippen LogP contribution in [0.25, 0.3) is 4.85 Å². The van der Waals surface area contributed by atoms with Crippen LogP contribution in [0.2, 0.25) is 0 Å². The molecule has 4 saturated carbocycles. The molecule has 0 aromatic rings. The van der Waals surface area contributed by atoms with Crippen LogP contribution in [0.3, 0.4) is 0 Å². The number of nitrogens with zero attached hydrogens (tertiary/aromatic N) is 1. The summed E-state index contributed by atoms with van der Waals surface area (Å²) >= 11 is 0. The number of hydrogen-bond acceptors (Lipinski definition) is 2. The van der Waals surface area contributed by atoms with Gasteiger partial charge in [-0.1, -0.05) is 23.4 Å². The van der Waals surface area contributed by atoms with Gasteiger partial charge in [0.05, 0.1) is 12.0 Å². The monoisotopic (exact) mass is 326 g/mol. The fourth-order valence-electron chi connectivity index (χ4n) is 8.05. The second-order valence-electron chi connectivity index (χ2n) is 9.24. The zero-order valence-corrected chi connectivity index (χ0v) is 14.7. The molecule has 5 aliphatic carbocycles. The zero-order valence-electron chi connectivity index (χ0n) is 14.7. The van der Waals surface area contributed by atoms with Crippen molar-refractivity contribution in [3.05, 3.63) is 16.5 Å². The molecule has 2 spiro atoms. The maximum atomic E-state index is 12.9. The standard InChI is InChI=1S/C21H28NO2/c1-3-18-10-11-20-13-19(20)8-6-15(23)12-14(19)4-5-16(20)21(18,22-2)9-7-17(18)24/h2,4,15-16,23H,3,5-13H2,1H3/q+1. The van der Waals surface area contributed by atoms with Gasteiger partial charge in [0.25, 0.3) is 12.1 Å². The average Bonchev–Trinajstić information content (AvgIpc) is 3.16. The Balaban J connectivity index is 1.64. The number of aliphatic hydroxyl groups excluding tert-OH is 1. The van der Waals surface area contributed by atoms with Crippen LogP contribution in [0.1, 0.15) is 71.1 Å². The van der Waals surface area contributed by atoms with Gasteiger partial charge in [-0.15, -0.1) is 0 Å². The van der Waals surface area contributed by atoms with Gasteiger partial charge in [-0.05, 0) is 62.2 Å². The molecular weight excluding hydrogens is 298 g/mol. The molecule has 6 atom stereocenters. The molecule has 0 saturated heterocycles. The summed E-state index contributed by atoms with van der Waals surface area (Å²) < 4.78 is 0. The highest BCUT2D eigenvalue weighted by molar-refractivity contribution is 5.90. The highest BCUT2D eigenvalue weighted by Gasteiger charge is 2.85. The minimum Gasteiger partial charge on any atom is -0.393 e. The molecule has 1 N–H and O–H groups in total. The predicted octanol–water partition coefficient (Wildman–Crippen LogP) is 4.11. The molecule has 0 aromatic heterocycles. The Kier molecular flexibility index (Phi) is 2.73. The number of ketones is 1. The predicted molar refractivity (Wildman–Crippen MR) is 92.8 cm³/mol. The molecule has 24 heavy (non-hydrogen) atoms. The topological polar surface area (TPSA) is 41.7 Å². The van der Waals surface area contributed by atoms with Gasteiger partial charge in [0.2, 0.25) is 0 Å². The molecule has 3 nitrogen and oxygen atoms in total. The first-order valence-electron chi connectivity index (χ1n) is 9.83. The first-order valence-corrected chi connectivity index (χ1v) is 9.83. The lowest BCUT2D eigenvalue weighted by atomic mass is 9.48. The van der Waals surface area contributed by atoms with Gasteiger partial charge in [-0.3, -0.25) is 4.79 Å². The summed E-state index contributed by atoms with van der Waals surface area (Å²) in [6.07, 6.45) is 11.9. The summed E-state index contributed by atoms with van der Waals surface area (Å²) in [6, 6.07) is 0. The van der Waals surface area contributed by atoms with Gasteiger partial charge in [0.1, 0.15) is 11.2 Å². The number of carbonyl (C=O) groups excluding carboxylic acids is 1. The molecule has 0 bridgehead atoms. The van der Waals surface area contributed by atoms with Crippen molar-refractivity contribution in [3.63, 3.8) is 0 Å². The van der Waals surface area contributed by atoms with Crippen molar-refractivity contribution in [2.24, 2.45) is 22.2 Å². The minimum absolute atomic E-state index is 0.157. The van der Waals surface area contributed by atoms with Gasteiger partial charge in [0.15, 0.2) is 0 Å². The van der Waals surface area contributed by atoms with Crippen molar-refractivity contribution < 1.29 is 9.90 Å². The Hall–Kier alpha value is -1.14. The second-order valence-corrected chi connectivity index (χ2v) is 9.24. The summed E-state index contributed by atoms with van der Waals surface area (Å²) in [5.74, 6) is 0.840. The Morgan fingerprint density at radius 1 is 1.33 bits per heavy atom. The molecule has 6 unspecified atom stereocenters. The van der Waals surface area contributed by atoms with Gasteiger partial charge in [0, 0.05) is 12.8 Å². The van der Waals surface area contributed by atoms with Gasteiger partial charge in [-0.25, -0.2) is 0 Å². The molecule has 128 valence electrons. The molecule has 0 heterocycles. The highest BCUT2D eigenvalue weighted by atomic mass is 16.3. The lowest BCUT2D eigenvalue weighted by Gasteiger charge is -2.51. The van der Waals surface area contributed by atoms with Crippen molar-refractivity contribution in [2.75, 3.05) is 0 Å². The lowest BCUT2D eigenvalue weighted by Crippen LogP contribution is -2.58. The summed E-state index contributed by atoms with van der Waals surface area (Å²) in [5, 5.41) is 10.1. The summed E-state index contributed by atoms with van der Waals surface area (Å²) in [6.45, 7) is 8.24. The summed E-state index contributed by atoms with van der Waals surface area (Å²) in [5.41, 5.74) is 1.49. The molecular formula is C21H28NO2+. The SMILES string of the molecule is C#[N+]C12CCC(=O)C1(CC)CCC13CC14CCC(O)CC4=CCC32. The molecule has 0 aromatic carbocycles. The average molecular weight is 326 g/mol. The van der Waals surface area contributed by atoms with Crippen molar-refractivity contribution in [1.82, 2.24) is 0 Å². The smallest absolute Gasteiger partial charge is 0.297 e. The van der Waals surface area contributed by atoms with Gasteiger partial charge < -0.3 is 5.11 Å². The van der Waals surface area contributed by atoms with E-state index in [1.54, 1.807) is 0 Å². The van der Waals surface area contributed by atoms with E-state index >= 15 is 0 Å². The van der Waals surface area contributed by atoms with E-state index in [9.17, 15) is 9.90 Å². The van der Waals surface area contributed by atoms with E-state index in [1.165, 1.54) is 12.0 Å². The fraction of sp³-hybridized carbons (Fsp3) is 0.810. The van der Waals surface area contributed by atoms with Crippen LogP contribution in [0, 0.1) is 28.7 Å². The number of hydrogen-bond donors (Lipinski definition) is 1. The Morgan fingerprint density at radius 3 is 2.92 bits per heavy atom. The van der Waals surface area contributed by atoms with Crippen molar-refractivity contribution in [3.8, 4) is 6.57 Å². The van der Waals surface area contributed by atoms with E-state index in [1.807, 2.05) is 0 Å². The third-order valence-corrected chi connectivity index (χ3v) is 9.19. The fourth-order valence-corrected chi connectivity index (χ4v) is 8.05. The zero-order chi connectivity index (χ0) is 16.8. The minimum atomic E-state index is -0.335. The molecule has 0 radical (unpaired) electrons. The number of rotatable bonds is 1. The van der Waals surface area contributed by atoms with Crippen LogP contribution >= 0.6 is 0 Å². The van der Waals surface area contributed by atoms with E-state index in [4.69, 9.17) is 6.57 Å². The number of carbonyl (C=O) groups is 1. The lowest BCUT2D eigenvalue weighted by molar-refractivity contribution is -0.133. The maximum absolute atomic E-state index is 12.9. The molecule has 5 aliphatic rings. The number of allylic oxidation sites excluding steroid dienone is 1. The van der Waals surface area contributed by atoms with Crippen LogP contribution in [0.5, 0.6) is 0 Å². The first kappa shape index (κ1) is 15.1. The Labute approximate surface area is 144 Å². The number of fused-ring (bicyclic) bond motifs is 2. The Morgan fingerprint density at radius 2 is 2.17 bits per heavy atom. The van der Waals surface area contributed by atoms with Gasteiger partial charge >= 0.3 is 0 Å². The van der Waals surface area contributed by atoms with E-state index in [0.29, 0.717) is 29.0 Å². The molecule has 4 fully saturated rings. The first-order chi connectivity index (χ1) is 11.5. The largest absolute Gasteiger partial charge is 0.393 e.